The van der Waals surface area contributed by atoms with Gasteiger partial charge in [0.1, 0.15) is 22.7 Å². The Kier molecular flexibility index (Phi) is 8.40. The molecule has 0 unspecified atom stereocenters. The summed E-state index contributed by atoms with van der Waals surface area (Å²) >= 11 is 0. The first-order chi connectivity index (χ1) is 24.8. The fourth-order valence-corrected chi connectivity index (χ4v) is 7.06. The summed E-state index contributed by atoms with van der Waals surface area (Å²) in [6, 6.07) is 50.6. The third-order valence-corrected chi connectivity index (χ3v) is 9.65. The summed E-state index contributed by atoms with van der Waals surface area (Å²) in [6.07, 6.45) is 1.83. The number of nitrogens with zero attached hydrogens (tertiary/aromatic N) is 3. The second kappa shape index (κ2) is 13.1. The normalized spacial score (nSPS) is 11.7. The SMILES string of the molecule is CC(C)(C)c1ccc(-n2c(-c3ccccc3O)nc3c(-c4[c-]c(-c5nccc6c5oc5ccccc56)ccc4)cccc32)c(-c2ccccc2)c1.[Pt]. The van der Waals surface area contributed by atoms with Gasteiger partial charge in [-0.25, -0.2) is 4.98 Å². The molecular formula is C46H34N3O2Pt-. The summed E-state index contributed by atoms with van der Waals surface area (Å²) in [4.78, 5) is 10.1. The van der Waals surface area contributed by atoms with Gasteiger partial charge in [-0.3, -0.25) is 9.55 Å². The van der Waals surface area contributed by atoms with Gasteiger partial charge in [-0.15, -0.1) is 29.8 Å². The van der Waals surface area contributed by atoms with E-state index >= 15 is 0 Å². The van der Waals surface area contributed by atoms with Crippen LogP contribution in [0.4, 0.5) is 0 Å². The number of hydrogen-bond donors (Lipinski definition) is 1. The van der Waals surface area contributed by atoms with Gasteiger partial charge < -0.3 is 9.52 Å². The monoisotopic (exact) mass is 855 g/mol. The van der Waals surface area contributed by atoms with Crippen molar-refractivity contribution in [1.29, 1.82) is 0 Å². The van der Waals surface area contributed by atoms with Crippen molar-refractivity contribution >= 4 is 33.0 Å². The smallest absolute Gasteiger partial charge is 0.148 e. The van der Waals surface area contributed by atoms with Crippen molar-refractivity contribution in [3.63, 3.8) is 0 Å². The van der Waals surface area contributed by atoms with E-state index in [0.29, 0.717) is 11.4 Å². The van der Waals surface area contributed by atoms with Crippen molar-refractivity contribution in [3.05, 3.63) is 157 Å². The average Bonchev–Trinajstić information content (AvgIpc) is 3.74. The largest absolute Gasteiger partial charge is 0.507 e. The molecule has 9 rings (SSSR count). The number of furan rings is 1. The van der Waals surface area contributed by atoms with E-state index < -0.39 is 0 Å². The molecule has 52 heavy (non-hydrogen) atoms. The van der Waals surface area contributed by atoms with E-state index in [1.165, 1.54) is 5.56 Å². The Morgan fingerprint density at radius 3 is 2.23 bits per heavy atom. The van der Waals surface area contributed by atoms with Crippen molar-refractivity contribution in [2.75, 3.05) is 0 Å². The number of imidazole rings is 1. The van der Waals surface area contributed by atoms with Crippen LogP contribution in [-0.2, 0) is 26.5 Å². The van der Waals surface area contributed by atoms with Gasteiger partial charge in [0, 0.05) is 49.3 Å². The fraction of sp³-hybridized carbons (Fsp3) is 0.0870. The Hall–Kier alpha value is -5.77. The quantitative estimate of drug-likeness (QED) is 0.175. The fourth-order valence-electron chi connectivity index (χ4n) is 7.06. The molecule has 0 bridgehead atoms. The maximum absolute atomic E-state index is 11.2. The molecule has 5 nitrogen and oxygen atoms in total. The Balaban J connectivity index is 0.00000387. The molecule has 6 heteroatoms. The van der Waals surface area contributed by atoms with Crippen LogP contribution in [-0.4, -0.2) is 19.6 Å². The minimum atomic E-state index is -0.0465. The molecule has 0 aliphatic carbocycles. The molecule has 0 spiro atoms. The second-order valence-corrected chi connectivity index (χ2v) is 13.9. The summed E-state index contributed by atoms with van der Waals surface area (Å²) < 4.78 is 8.52. The molecule has 0 radical (unpaired) electrons. The van der Waals surface area contributed by atoms with Crippen LogP contribution in [0.15, 0.2) is 150 Å². The van der Waals surface area contributed by atoms with Gasteiger partial charge in [-0.2, -0.15) is 0 Å². The molecule has 0 fully saturated rings. The third kappa shape index (κ3) is 5.62. The number of phenolic OH excluding ortho intramolecular Hbond substituents is 1. The minimum absolute atomic E-state index is 0. The maximum Gasteiger partial charge on any atom is 0.148 e. The van der Waals surface area contributed by atoms with Crippen LogP contribution in [0, 0.1) is 6.07 Å². The third-order valence-electron chi connectivity index (χ3n) is 9.65. The zero-order valence-corrected chi connectivity index (χ0v) is 31.1. The molecule has 0 saturated carbocycles. The Labute approximate surface area is 316 Å². The summed E-state index contributed by atoms with van der Waals surface area (Å²) in [5.41, 5.74) is 11.7. The predicted molar refractivity (Wildman–Crippen MR) is 207 cm³/mol. The maximum atomic E-state index is 11.2. The number of pyridine rings is 1. The molecule has 0 amide bonds. The molecule has 0 aliphatic heterocycles. The van der Waals surface area contributed by atoms with Crippen LogP contribution >= 0.6 is 0 Å². The first-order valence-corrected chi connectivity index (χ1v) is 17.1. The van der Waals surface area contributed by atoms with Crippen LogP contribution < -0.4 is 0 Å². The number of hydrogen-bond acceptors (Lipinski definition) is 4. The van der Waals surface area contributed by atoms with E-state index in [-0.39, 0.29) is 32.2 Å². The van der Waals surface area contributed by atoms with Crippen molar-refractivity contribution in [3.8, 4) is 56.3 Å². The molecule has 9 aromatic rings. The van der Waals surface area contributed by atoms with E-state index in [4.69, 9.17) is 14.4 Å². The average molecular weight is 856 g/mol. The number of aromatic hydroxyl groups is 1. The molecule has 3 aromatic heterocycles. The van der Waals surface area contributed by atoms with Gasteiger partial charge in [0.25, 0.3) is 0 Å². The first-order valence-electron chi connectivity index (χ1n) is 17.1. The number of phenols is 1. The van der Waals surface area contributed by atoms with Crippen LogP contribution in [0.5, 0.6) is 5.75 Å². The van der Waals surface area contributed by atoms with Crippen LogP contribution in [0.2, 0.25) is 0 Å². The summed E-state index contributed by atoms with van der Waals surface area (Å²) in [6.45, 7) is 6.70. The second-order valence-electron chi connectivity index (χ2n) is 13.9. The van der Waals surface area contributed by atoms with Gasteiger partial charge in [-0.05, 0) is 59.0 Å². The molecule has 0 saturated heterocycles. The number of para-hydroxylation sites is 3. The molecule has 1 N–H and O–H groups in total. The minimum Gasteiger partial charge on any atom is -0.507 e. The van der Waals surface area contributed by atoms with Gasteiger partial charge >= 0.3 is 0 Å². The molecule has 256 valence electrons. The van der Waals surface area contributed by atoms with Gasteiger partial charge in [0.05, 0.1) is 22.3 Å². The van der Waals surface area contributed by atoms with Gasteiger partial charge in [-0.1, -0.05) is 111 Å². The first kappa shape index (κ1) is 33.4. The Morgan fingerprint density at radius 1 is 0.673 bits per heavy atom. The number of aromatic nitrogens is 3. The van der Waals surface area contributed by atoms with Crippen LogP contribution in [0.25, 0.3) is 83.6 Å². The van der Waals surface area contributed by atoms with Crippen LogP contribution in [0.1, 0.15) is 26.3 Å². The van der Waals surface area contributed by atoms with E-state index in [2.05, 4.69) is 104 Å². The van der Waals surface area contributed by atoms with E-state index in [1.807, 2.05) is 66.9 Å². The molecule has 0 atom stereocenters. The van der Waals surface area contributed by atoms with Crippen molar-refractivity contribution in [1.82, 2.24) is 14.5 Å². The van der Waals surface area contributed by atoms with Crippen LogP contribution in [0.3, 0.4) is 0 Å². The Morgan fingerprint density at radius 2 is 1.40 bits per heavy atom. The van der Waals surface area contributed by atoms with E-state index in [1.54, 1.807) is 6.07 Å². The zero-order valence-electron chi connectivity index (χ0n) is 28.9. The number of rotatable bonds is 5. The van der Waals surface area contributed by atoms with Crippen molar-refractivity contribution < 1.29 is 30.6 Å². The summed E-state index contributed by atoms with van der Waals surface area (Å²) in [5, 5.41) is 13.3. The van der Waals surface area contributed by atoms with Gasteiger partial charge in [0.2, 0.25) is 0 Å². The Bertz CT molecular complexity index is 2760. The van der Waals surface area contributed by atoms with E-state index in [9.17, 15) is 5.11 Å². The summed E-state index contributed by atoms with van der Waals surface area (Å²) in [7, 11) is 0. The predicted octanol–water partition coefficient (Wildman–Crippen LogP) is 11.8. The zero-order chi connectivity index (χ0) is 34.7. The standard InChI is InChI=1S/C46H34N3O2.Pt/c1-46(2,3)32-23-24-38(37(28-32)29-13-5-4-6-14-29)49-39-20-12-19-33(43(39)48-45(49)36-18-7-9-21-40(36)50)30-15-11-16-31(27-30)42-44-35(25-26-47-42)34-17-8-10-22-41(34)51-44;/h4-26,28,50H,1-3H3;/q-1;. The number of benzene rings is 6. The van der Waals surface area contributed by atoms with Crippen molar-refractivity contribution in [2.24, 2.45) is 0 Å². The molecule has 0 aliphatic rings. The summed E-state index contributed by atoms with van der Waals surface area (Å²) in [5.74, 6) is 0.822. The van der Waals surface area contributed by atoms with E-state index in [0.717, 1.165) is 72.2 Å². The van der Waals surface area contributed by atoms with Gasteiger partial charge in [0.15, 0.2) is 0 Å². The topological polar surface area (TPSA) is 64.1 Å². The van der Waals surface area contributed by atoms with Crippen molar-refractivity contribution in [2.45, 2.75) is 26.2 Å². The molecule has 6 aromatic carbocycles. The molecule has 3 heterocycles. The number of fused-ring (bicyclic) bond motifs is 4. The molecular weight excluding hydrogens is 822 g/mol.